The summed E-state index contributed by atoms with van der Waals surface area (Å²) in [5.74, 6) is -1.98. The molecule has 0 N–H and O–H groups in total. The van der Waals surface area contributed by atoms with Crippen LogP contribution in [0.1, 0.15) is 33.6 Å². The molecule has 0 bridgehead atoms. The van der Waals surface area contributed by atoms with Crippen LogP contribution in [0.15, 0.2) is 0 Å². The number of nitriles is 1. The van der Waals surface area contributed by atoms with Crippen molar-refractivity contribution >= 4 is 11.9 Å². The van der Waals surface area contributed by atoms with E-state index < -0.39 is 23.4 Å². The second-order valence-corrected chi connectivity index (χ2v) is 4.74. The third-order valence-electron chi connectivity index (χ3n) is 3.11. The van der Waals surface area contributed by atoms with Crippen molar-refractivity contribution in [1.29, 1.82) is 5.26 Å². The molecule has 1 rings (SSSR count). The SMILES string of the molecule is CCC(C)(C)C(=O)OC1CCOC(=O)C1C#N. The summed E-state index contributed by atoms with van der Waals surface area (Å²) >= 11 is 0. The summed E-state index contributed by atoms with van der Waals surface area (Å²) in [6.45, 7) is 5.63. The van der Waals surface area contributed by atoms with Crippen LogP contribution >= 0.6 is 0 Å². The standard InChI is InChI=1S/C12H17NO4/c1-4-12(2,3)11(15)17-9-5-6-16-10(14)8(9)7-13/h8-9H,4-6H2,1-3H3. The average Bonchev–Trinajstić information content (AvgIpc) is 2.29. The molecule has 0 radical (unpaired) electrons. The fraction of sp³-hybridized carbons (Fsp3) is 0.750. The molecule has 0 aromatic rings. The summed E-state index contributed by atoms with van der Waals surface area (Å²) in [4.78, 5) is 23.1. The van der Waals surface area contributed by atoms with Gasteiger partial charge in [0.05, 0.1) is 18.1 Å². The molecule has 0 spiro atoms. The molecule has 1 heterocycles. The Hall–Kier alpha value is -1.57. The second-order valence-electron chi connectivity index (χ2n) is 4.74. The smallest absolute Gasteiger partial charge is 0.327 e. The Balaban J connectivity index is 2.71. The van der Waals surface area contributed by atoms with E-state index in [1.807, 2.05) is 13.0 Å². The minimum Gasteiger partial charge on any atom is -0.464 e. The number of carbonyl (C=O) groups excluding carboxylic acids is 2. The molecule has 2 atom stereocenters. The molecule has 1 saturated heterocycles. The zero-order valence-electron chi connectivity index (χ0n) is 10.4. The number of rotatable bonds is 3. The molecule has 1 fully saturated rings. The molecule has 17 heavy (non-hydrogen) atoms. The Bertz CT molecular complexity index is 356. The van der Waals surface area contributed by atoms with Gasteiger partial charge in [0.25, 0.3) is 0 Å². The van der Waals surface area contributed by atoms with Crippen LogP contribution in [0.3, 0.4) is 0 Å². The summed E-state index contributed by atoms with van der Waals surface area (Å²) in [7, 11) is 0. The first kappa shape index (κ1) is 13.5. The molecular formula is C12H17NO4. The molecule has 5 nitrogen and oxygen atoms in total. The predicted molar refractivity (Wildman–Crippen MR) is 58.6 cm³/mol. The first-order valence-corrected chi connectivity index (χ1v) is 5.69. The fourth-order valence-electron chi connectivity index (χ4n) is 1.39. The molecule has 1 aliphatic heterocycles. The van der Waals surface area contributed by atoms with E-state index in [0.29, 0.717) is 12.8 Å². The van der Waals surface area contributed by atoms with Gasteiger partial charge in [-0.05, 0) is 20.3 Å². The van der Waals surface area contributed by atoms with Gasteiger partial charge >= 0.3 is 11.9 Å². The maximum Gasteiger partial charge on any atom is 0.327 e. The topological polar surface area (TPSA) is 76.4 Å². The van der Waals surface area contributed by atoms with Gasteiger partial charge in [-0.1, -0.05) is 6.92 Å². The Morgan fingerprint density at radius 2 is 2.29 bits per heavy atom. The van der Waals surface area contributed by atoms with E-state index in [-0.39, 0.29) is 12.6 Å². The minimum absolute atomic E-state index is 0.196. The van der Waals surface area contributed by atoms with Crippen molar-refractivity contribution < 1.29 is 19.1 Å². The summed E-state index contributed by atoms with van der Waals surface area (Å²) < 4.78 is 10.0. The highest BCUT2D eigenvalue weighted by atomic mass is 16.6. The van der Waals surface area contributed by atoms with Crippen molar-refractivity contribution in [3.8, 4) is 6.07 Å². The van der Waals surface area contributed by atoms with Gasteiger partial charge in [0.15, 0.2) is 5.92 Å². The van der Waals surface area contributed by atoms with E-state index in [1.54, 1.807) is 13.8 Å². The largest absolute Gasteiger partial charge is 0.464 e. The lowest BCUT2D eigenvalue weighted by atomic mass is 9.90. The second kappa shape index (κ2) is 5.17. The third kappa shape index (κ3) is 2.96. The van der Waals surface area contributed by atoms with Gasteiger partial charge in [0, 0.05) is 6.42 Å². The molecule has 0 saturated carbocycles. The lowest BCUT2D eigenvalue weighted by Gasteiger charge is -2.29. The van der Waals surface area contributed by atoms with Crippen molar-refractivity contribution in [2.24, 2.45) is 11.3 Å². The minimum atomic E-state index is -1.000. The summed E-state index contributed by atoms with van der Waals surface area (Å²) in [6.07, 6.45) is 0.343. The summed E-state index contributed by atoms with van der Waals surface area (Å²) in [5.41, 5.74) is -0.596. The first-order chi connectivity index (χ1) is 7.92. The van der Waals surface area contributed by atoms with E-state index in [9.17, 15) is 9.59 Å². The van der Waals surface area contributed by atoms with E-state index >= 15 is 0 Å². The third-order valence-corrected chi connectivity index (χ3v) is 3.11. The number of esters is 2. The number of ether oxygens (including phenoxy) is 2. The van der Waals surface area contributed by atoms with Gasteiger partial charge in [-0.2, -0.15) is 5.26 Å². The molecule has 1 aliphatic rings. The number of nitrogens with zero attached hydrogens (tertiary/aromatic N) is 1. The zero-order valence-corrected chi connectivity index (χ0v) is 10.4. The molecule has 94 valence electrons. The number of carbonyl (C=O) groups is 2. The van der Waals surface area contributed by atoms with Crippen molar-refractivity contribution in [3.63, 3.8) is 0 Å². The number of hydrogen-bond donors (Lipinski definition) is 0. The number of cyclic esters (lactones) is 1. The van der Waals surface area contributed by atoms with E-state index in [1.165, 1.54) is 0 Å². The van der Waals surface area contributed by atoms with Crippen LogP contribution in [0.4, 0.5) is 0 Å². The molecular weight excluding hydrogens is 222 g/mol. The van der Waals surface area contributed by atoms with Crippen LogP contribution < -0.4 is 0 Å². The molecule has 0 amide bonds. The van der Waals surface area contributed by atoms with Crippen molar-refractivity contribution in [2.45, 2.75) is 39.7 Å². The van der Waals surface area contributed by atoms with Crippen LogP contribution in [0, 0.1) is 22.7 Å². The highest BCUT2D eigenvalue weighted by Crippen LogP contribution is 2.26. The van der Waals surface area contributed by atoms with Crippen molar-refractivity contribution in [3.05, 3.63) is 0 Å². The van der Waals surface area contributed by atoms with E-state index in [4.69, 9.17) is 14.7 Å². The average molecular weight is 239 g/mol. The quantitative estimate of drug-likeness (QED) is 0.696. The summed E-state index contributed by atoms with van der Waals surface area (Å²) in [6, 6.07) is 1.83. The Labute approximate surface area is 101 Å². The monoisotopic (exact) mass is 239 g/mol. The molecule has 5 heteroatoms. The summed E-state index contributed by atoms with van der Waals surface area (Å²) in [5, 5.41) is 8.86. The maximum atomic E-state index is 11.8. The van der Waals surface area contributed by atoms with Crippen LogP contribution in [-0.4, -0.2) is 24.6 Å². The van der Waals surface area contributed by atoms with Gasteiger partial charge in [-0.25, -0.2) is 0 Å². The van der Waals surface area contributed by atoms with Crippen molar-refractivity contribution in [2.75, 3.05) is 6.61 Å². The van der Waals surface area contributed by atoms with Crippen molar-refractivity contribution in [1.82, 2.24) is 0 Å². The fourth-order valence-corrected chi connectivity index (χ4v) is 1.39. The van der Waals surface area contributed by atoms with Gasteiger partial charge in [-0.15, -0.1) is 0 Å². The van der Waals surface area contributed by atoms with Crippen LogP contribution in [0.25, 0.3) is 0 Å². The van der Waals surface area contributed by atoms with Gasteiger partial charge in [0.1, 0.15) is 6.10 Å². The highest BCUT2D eigenvalue weighted by molar-refractivity contribution is 5.79. The van der Waals surface area contributed by atoms with Gasteiger partial charge in [-0.3, -0.25) is 9.59 Å². The van der Waals surface area contributed by atoms with E-state index in [2.05, 4.69) is 0 Å². The Morgan fingerprint density at radius 3 is 2.82 bits per heavy atom. The lowest BCUT2D eigenvalue weighted by Crippen LogP contribution is -2.41. The van der Waals surface area contributed by atoms with Gasteiger partial charge < -0.3 is 9.47 Å². The van der Waals surface area contributed by atoms with Crippen LogP contribution in [0.2, 0.25) is 0 Å². The molecule has 2 unspecified atom stereocenters. The molecule has 0 aliphatic carbocycles. The Morgan fingerprint density at radius 1 is 1.65 bits per heavy atom. The first-order valence-electron chi connectivity index (χ1n) is 5.69. The van der Waals surface area contributed by atoms with E-state index in [0.717, 1.165) is 0 Å². The zero-order chi connectivity index (χ0) is 13.1. The Kier molecular flexibility index (Phi) is 4.11. The predicted octanol–water partition coefficient (Wildman–Crippen LogP) is 1.42. The lowest BCUT2D eigenvalue weighted by molar-refractivity contribution is -0.173. The van der Waals surface area contributed by atoms with Crippen LogP contribution in [-0.2, 0) is 19.1 Å². The number of hydrogen-bond acceptors (Lipinski definition) is 5. The van der Waals surface area contributed by atoms with Gasteiger partial charge in [0.2, 0.25) is 0 Å². The molecule has 0 aromatic carbocycles. The normalized spacial score (nSPS) is 24.7. The molecule has 0 aromatic heterocycles. The highest BCUT2D eigenvalue weighted by Gasteiger charge is 2.39. The maximum absolute atomic E-state index is 11.8. The van der Waals surface area contributed by atoms with Crippen LogP contribution in [0.5, 0.6) is 0 Å².